The summed E-state index contributed by atoms with van der Waals surface area (Å²) < 4.78 is 2.14. The lowest BCUT2D eigenvalue weighted by Gasteiger charge is -2.35. The molecule has 0 bridgehead atoms. The monoisotopic (exact) mass is 401 g/mol. The van der Waals surface area contributed by atoms with Crippen LogP contribution in [-0.4, -0.2) is 59.6 Å². The molecule has 0 radical (unpaired) electrons. The van der Waals surface area contributed by atoms with Gasteiger partial charge in [-0.2, -0.15) is 0 Å². The van der Waals surface area contributed by atoms with Crippen LogP contribution in [0.5, 0.6) is 0 Å². The van der Waals surface area contributed by atoms with Crippen LogP contribution >= 0.6 is 0 Å². The first-order chi connectivity index (χ1) is 14.7. The Morgan fingerprint density at radius 1 is 0.967 bits per heavy atom. The summed E-state index contributed by atoms with van der Waals surface area (Å²) in [5.41, 5.74) is 4.73. The maximum atomic E-state index is 12.9. The van der Waals surface area contributed by atoms with Gasteiger partial charge < -0.3 is 9.80 Å². The van der Waals surface area contributed by atoms with E-state index >= 15 is 0 Å². The van der Waals surface area contributed by atoms with E-state index in [0.29, 0.717) is 6.54 Å². The summed E-state index contributed by atoms with van der Waals surface area (Å²) in [6.07, 6.45) is 4.83. The van der Waals surface area contributed by atoms with Gasteiger partial charge in [-0.1, -0.05) is 35.9 Å². The van der Waals surface area contributed by atoms with E-state index in [0.717, 1.165) is 56.5 Å². The largest absolute Gasteiger partial charge is 0.339 e. The average molecular weight is 402 g/mol. The number of aryl methyl sites for hydroxylation is 1. The number of benzene rings is 2. The van der Waals surface area contributed by atoms with Gasteiger partial charge in [0.15, 0.2) is 0 Å². The van der Waals surface area contributed by atoms with Gasteiger partial charge in [0.25, 0.3) is 0 Å². The van der Waals surface area contributed by atoms with Crippen LogP contribution in [0.3, 0.4) is 0 Å². The van der Waals surface area contributed by atoms with Crippen molar-refractivity contribution >= 4 is 17.5 Å². The highest BCUT2D eigenvalue weighted by Gasteiger charge is 2.27. The highest BCUT2D eigenvalue weighted by atomic mass is 16.2. The van der Waals surface area contributed by atoms with Gasteiger partial charge in [-0.05, 0) is 37.1 Å². The lowest BCUT2D eigenvalue weighted by Crippen LogP contribution is -2.50. The molecule has 0 saturated carbocycles. The zero-order valence-corrected chi connectivity index (χ0v) is 17.4. The highest BCUT2D eigenvalue weighted by molar-refractivity contribution is 5.96. The van der Waals surface area contributed by atoms with Crippen molar-refractivity contribution < 1.29 is 4.79 Å². The van der Waals surface area contributed by atoms with E-state index in [1.54, 1.807) is 0 Å². The molecule has 2 aliphatic rings. The van der Waals surface area contributed by atoms with Crippen LogP contribution in [0.15, 0.2) is 60.9 Å². The molecule has 1 aromatic heterocycles. The molecule has 30 heavy (non-hydrogen) atoms. The number of nitrogens with zero attached hydrogens (tertiary/aromatic N) is 5. The quantitative estimate of drug-likeness (QED) is 0.674. The maximum Gasteiger partial charge on any atom is 0.241 e. The van der Waals surface area contributed by atoms with E-state index in [1.165, 1.54) is 11.1 Å². The van der Waals surface area contributed by atoms with Gasteiger partial charge in [-0.15, -0.1) is 0 Å². The second kappa shape index (κ2) is 7.95. The molecule has 0 N–H and O–H groups in total. The molecule has 0 spiro atoms. The van der Waals surface area contributed by atoms with Crippen molar-refractivity contribution in [1.29, 1.82) is 0 Å². The number of para-hydroxylation sites is 1. The van der Waals surface area contributed by atoms with E-state index in [9.17, 15) is 4.79 Å². The molecule has 6 nitrogen and oxygen atoms in total. The summed E-state index contributed by atoms with van der Waals surface area (Å²) in [6.45, 7) is 6.84. The lowest BCUT2D eigenvalue weighted by molar-refractivity contribution is -0.119. The van der Waals surface area contributed by atoms with Crippen LogP contribution in [0.25, 0.3) is 5.69 Å². The third kappa shape index (κ3) is 3.59. The number of rotatable bonds is 4. The van der Waals surface area contributed by atoms with Gasteiger partial charge in [0.2, 0.25) is 11.9 Å². The van der Waals surface area contributed by atoms with E-state index in [-0.39, 0.29) is 5.91 Å². The molecule has 6 heteroatoms. The van der Waals surface area contributed by atoms with Crippen molar-refractivity contribution in [3.05, 3.63) is 72.1 Å². The van der Waals surface area contributed by atoms with Crippen molar-refractivity contribution in [2.45, 2.75) is 13.3 Å². The number of piperazine rings is 1. The van der Waals surface area contributed by atoms with Crippen LogP contribution in [0.2, 0.25) is 0 Å². The number of fused-ring (bicyclic) bond motifs is 1. The van der Waals surface area contributed by atoms with Gasteiger partial charge in [-0.3, -0.25) is 14.3 Å². The van der Waals surface area contributed by atoms with Crippen LogP contribution in [-0.2, 0) is 11.2 Å². The number of imidazole rings is 1. The SMILES string of the molecule is Cc1ccc(-n2ccnc2N2CCN(CC(=O)N3CCc4ccccc43)CC2)cc1. The molecular formula is C24H27N5O. The maximum absolute atomic E-state index is 12.9. The van der Waals surface area contributed by atoms with Crippen molar-refractivity contribution in [3.8, 4) is 5.69 Å². The van der Waals surface area contributed by atoms with E-state index in [4.69, 9.17) is 0 Å². The van der Waals surface area contributed by atoms with Gasteiger partial charge in [0, 0.05) is 56.5 Å². The smallest absolute Gasteiger partial charge is 0.241 e. The molecule has 2 aromatic carbocycles. The molecule has 1 amide bonds. The molecule has 0 aliphatic carbocycles. The number of aromatic nitrogens is 2. The topological polar surface area (TPSA) is 44.6 Å². The minimum Gasteiger partial charge on any atom is -0.339 e. The minimum absolute atomic E-state index is 0.203. The third-order valence-corrected chi connectivity index (χ3v) is 6.14. The molecule has 154 valence electrons. The average Bonchev–Trinajstić information content (AvgIpc) is 3.42. The van der Waals surface area contributed by atoms with Gasteiger partial charge in [0.05, 0.1) is 6.54 Å². The molecule has 3 aromatic rings. The Labute approximate surface area is 177 Å². The normalized spacial score (nSPS) is 16.7. The van der Waals surface area contributed by atoms with E-state index in [1.807, 2.05) is 29.4 Å². The highest BCUT2D eigenvalue weighted by Crippen LogP contribution is 2.27. The standard InChI is InChI=1S/C24H27N5O/c1-19-6-8-21(9-7-19)28-13-11-25-24(28)27-16-14-26(15-17-27)18-23(30)29-12-10-20-4-2-3-5-22(20)29/h2-9,11,13H,10,12,14-18H2,1H3. The molecule has 0 unspecified atom stereocenters. The lowest BCUT2D eigenvalue weighted by atomic mass is 10.2. The first kappa shape index (κ1) is 18.9. The number of carbonyl (C=O) groups is 1. The number of amides is 1. The van der Waals surface area contributed by atoms with Crippen molar-refractivity contribution in [2.24, 2.45) is 0 Å². The van der Waals surface area contributed by atoms with Crippen molar-refractivity contribution in [1.82, 2.24) is 14.5 Å². The van der Waals surface area contributed by atoms with Crippen molar-refractivity contribution in [3.63, 3.8) is 0 Å². The second-order valence-electron chi connectivity index (χ2n) is 8.12. The summed E-state index contributed by atoms with van der Waals surface area (Å²) in [5.74, 6) is 1.17. The van der Waals surface area contributed by atoms with Crippen LogP contribution in [0.4, 0.5) is 11.6 Å². The predicted molar refractivity (Wildman–Crippen MR) is 119 cm³/mol. The second-order valence-corrected chi connectivity index (χ2v) is 8.12. The first-order valence-corrected chi connectivity index (χ1v) is 10.6. The Kier molecular flexibility index (Phi) is 5.01. The molecule has 0 atom stereocenters. The zero-order valence-electron chi connectivity index (χ0n) is 17.4. The van der Waals surface area contributed by atoms with Crippen LogP contribution in [0.1, 0.15) is 11.1 Å². The van der Waals surface area contributed by atoms with Crippen LogP contribution < -0.4 is 9.80 Å². The Bertz CT molecular complexity index is 1030. The Morgan fingerprint density at radius 2 is 1.73 bits per heavy atom. The summed E-state index contributed by atoms with van der Waals surface area (Å²) >= 11 is 0. The number of hydrogen-bond acceptors (Lipinski definition) is 4. The fourth-order valence-corrected chi connectivity index (χ4v) is 4.42. The van der Waals surface area contributed by atoms with Gasteiger partial charge in [0.1, 0.15) is 0 Å². The fourth-order valence-electron chi connectivity index (χ4n) is 4.42. The van der Waals surface area contributed by atoms with Gasteiger partial charge >= 0.3 is 0 Å². The van der Waals surface area contributed by atoms with E-state index < -0.39 is 0 Å². The zero-order chi connectivity index (χ0) is 20.5. The molecule has 1 saturated heterocycles. The van der Waals surface area contributed by atoms with Gasteiger partial charge in [-0.25, -0.2) is 4.98 Å². The number of carbonyl (C=O) groups excluding carboxylic acids is 1. The number of hydrogen-bond donors (Lipinski definition) is 0. The Morgan fingerprint density at radius 3 is 2.53 bits per heavy atom. The Hall–Kier alpha value is -3.12. The molecule has 1 fully saturated rings. The minimum atomic E-state index is 0.203. The number of anilines is 2. The summed E-state index contributed by atoms with van der Waals surface area (Å²) in [6, 6.07) is 16.7. The third-order valence-electron chi connectivity index (χ3n) is 6.14. The molecular weight excluding hydrogens is 374 g/mol. The first-order valence-electron chi connectivity index (χ1n) is 10.6. The summed E-state index contributed by atoms with van der Waals surface area (Å²) in [7, 11) is 0. The molecule has 5 rings (SSSR count). The van der Waals surface area contributed by atoms with Crippen LogP contribution in [0, 0.1) is 6.92 Å². The summed E-state index contributed by atoms with van der Waals surface area (Å²) in [4.78, 5) is 24.0. The molecule has 2 aliphatic heterocycles. The predicted octanol–water partition coefficient (Wildman–Crippen LogP) is 2.89. The Balaban J connectivity index is 1.21. The summed E-state index contributed by atoms with van der Waals surface area (Å²) in [5, 5.41) is 0. The fraction of sp³-hybridized carbons (Fsp3) is 0.333. The van der Waals surface area contributed by atoms with E-state index in [2.05, 4.69) is 62.7 Å². The van der Waals surface area contributed by atoms with Crippen molar-refractivity contribution in [2.75, 3.05) is 49.1 Å². The molecule has 3 heterocycles.